The van der Waals surface area contributed by atoms with Gasteiger partial charge in [0.1, 0.15) is 0 Å². The van der Waals surface area contributed by atoms with Crippen LogP contribution in [0.1, 0.15) is 0 Å². The maximum atomic E-state index is 2.41. The van der Waals surface area contributed by atoms with Gasteiger partial charge in [0.25, 0.3) is 0 Å². The molecule has 11 aromatic rings. The van der Waals surface area contributed by atoms with E-state index >= 15 is 0 Å². The van der Waals surface area contributed by atoms with E-state index in [9.17, 15) is 0 Å². The molecule has 0 amide bonds. The molecule has 0 atom stereocenters. The Morgan fingerprint density at radius 1 is 0.315 bits per heavy atom. The number of fused-ring (bicyclic) bond motifs is 10. The van der Waals surface area contributed by atoms with Crippen LogP contribution in [0, 0.1) is 0 Å². The summed E-state index contributed by atoms with van der Waals surface area (Å²) in [5.74, 6) is 0. The molecule has 2 heteroatoms. The topological polar surface area (TPSA) is 3.24 Å². The molecule has 0 aliphatic rings. The third-order valence-electron chi connectivity index (χ3n) is 11.0. The molecular weight excluding hydrogens is 671 g/mol. The lowest BCUT2D eigenvalue weighted by Gasteiger charge is -2.26. The first kappa shape index (κ1) is 30.8. The van der Waals surface area contributed by atoms with Crippen LogP contribution in [0.2, 0.25) is 0 Å². The smallest absolute Gasteiger partial charge is 0.0476 e. The van der Waals surface area contributed by atoms with Gasteiger partial charge in [-0.15, -0.1) is 11.3 Å². The van der Waals surface area contributed by atoms with Crippen molar-refractivity contribution in [3.63, 3.8) is 0 Å². The van der Waals surface area contributed by atoms with Crippen molar-refractivity contribution < 1.29 is 0 Å². The van der Waals surface area contributed by atoms with Gasteiger partial charge >= 0.3 is 0 Å². The minimum absolute atomic E-state index is 1.12. The fourth-order valence-electron chi connectivity index (χ4n) is 8.44. The number of anilines is 3. The lowest BCUT2D eigenvalue weighted by molar-refractivity contribution is 1.29. The minimum atomic E-state index is 1.12. The first-order valence-corrected chi connectivity index (χ1v) is 19.3. The molecule has 0 N–H and O–H groups in total. The quantitative estimate of drug-likeness (QED) is 0.161. The summed E-state index contributed by atoms with van der Waals surface area (Å²) in [6.07, 6.45) is 0. The highest BCUT2D eigenvalue weighted by Crippen LogP contribution is 2.44. The van der Waals surface area contributed by atoms with Gasteiger partial charge in [0.15, 0.2) is 0 Å². The summed E-state index contributed by atoms with van der Waals surface area (Å²) in [6, 6.07) is 73.4. The van der Waals surface area contributed by atoms with E-state index in [0.29, 0.717) is 0 Å². The van der Waals surface area contributed by atoms with E-state index in [1.54, 1.807) is 0 Å². The summed E-state index contributed by atoms with van der Waals surface area (Å²) >= 11 is 1.89. The molecule has 1 aromatic heterocycles. The Morgan fingerprint density at radius 2 is 0.926 bits per heavy atom. The fraction of sp³-hybridized carbons (Fsp3) is 0. The minimum Gasteiger partial charge on any atom is -0.310 e. The van der Waals surface area contributed by atoms with Crippen molar-refractivity contribution >= 4 is 91.7 Å². The van der Waals surface area contributed by atoms with Gasteiger partial charge in [-0.2, -0.15) is 0 Å². The molecule has 0 aliphatic heterocycles. The van der Waals surface area contributed by atoms with Crippen molar-refractivity contribution in [1.29, 1.82) is 0 Å². The molecular formula is C52H33NS. The lowest BCUT2D eigenvalue weighted by atomic mass is 9.90. The highest BCUT2D eigenvalue weighted by atomic mass is 32.1. The number of benzene rings is 10. The Labute approximate surface area is 317 Å². The van der Waals surface area contributed by atoms with Crippen LogP contribution in [0.5, 0.6) is 0 Å². The van der Waals surface area contributed by atoms with Gasteiger partial charge in [-0.3, -0.25) is 0 Å². The molecule has 252 valence electrons. The van der Waals surface area contributed by atoms with Gasteiger partial charge in [0.05, 0.1) is 0 Å². The number of hydrogen-bond donors (Lipinski definition) is 0. The van der Waals surface area contributed by atoms with Crippen LogP contribution >= 0.6 is 11.3 Å². The predicted octanol–water partition coefficient (Wildman–Crippen LogP) is 15.5. The summed E-state index contributed by atoms with van der Waals surface area (Å²) in [7, 11) is 0. The molecule has 0 radical (unpaired) electrons. The van der Waals surface area contributed by atoms with E-state index in [2.05, 4.69) is 205 Å². The molecule has 0 aliphatic carbocycles. The van der Waals surface area contributed by atoms with Crippen LogP contribution in [0.15, 0.2) is 200 Å². The Morgan fingerprint density at radius 3 is 1.76 bits per heavy atom. The molecule has 0 unspecified atom stereocenters. The normalized spacial score (nSPS) is 11.7. The first-order valence-electron chi connectivity index (χ1n) is 18.5. The summed E-state index contributed by atoms with van der Waals surface area (Å²) < 4.78 is 2.63. The number of thiophene rings is 1. The largest absolute Gasteiger partial charge is 0.310 e. The van der Waals surface area contributed by atoms with Gasteiger partial charge in [0, 0.05) is 37.2 Å². The molecule has 0 saturated carbocycles. The number of rotatable bonds is 5. The van der Waals surface area contributed by atoms with Crippen molar-refractivity contribution in [3.8, 4) is 22.3 Å². The van der Waals surface area contributed by atoms with Crippen molar-refractivity contribution in [2.75, 3.05) is 4.90 Å². The fourth-order valence-corrected chi connectivity index (χ4v) is 9.71. The molecule has 54 heavy (non-hydrogen) atoms. The van der Waals surface area contributed by atoms with Gasteiger partial charge in [-0.1, -0.05) is 158 Å². The highest BCUT2D eigenvalue weighted by Gasteiger charge is 2.18. The molecule has 1 heterocycles. The summed E-state index contributed by atoms with van der Waals surface area (Å²) in [6.45, 7) is 0. The van der Waals surface area contributed by atoms with E-state index < -0.39 is 0 Å². The van der Waals surface area contributed by atoms with Gasteiger partial charge < -0.3 is 4.90 Å². The Balaban J connectivity index is 1.08. The maximum Gasteiger partial charge on any atom is 0.0476 e. The van der Waals surface area contributed by atoms with Gasteiger partial charge in [-0.25, -0.2) is 0 Å². The van der Waals surface area contributed by atoms with Crippen LogP contribution in [-0.4, -0.2) is 0 Å². The number of hydrogen-bond acceptors (Lipinski definition) is 2. The van der Waals surface area contributed by atoms with E-state index in [1.165, 1.54) is 85.5 Å². The second kappa shape index (κ2) is 12.4. The van der Waals surface area contributed by atoms with Crippen LogP contribution in [0.4, 0.5) is 17.1 Å². The Kier molecular flexibility index (Phi) is 7.11. The Bertz CT molecular complexity index is 3210. The third-order valence-corrected chi connectivity index (χ3v) is 12.2. The second-order valence-corrected chi connectivity index (χ2v) is 15.2. The van der Waals surface area contributed by atoms with Crippen LogP contribution in [0.25, 0.3) is 85.5 Å². The van der Waals surface area contributed by atoms with Crippen molar-refractivity contribution in [1.82, 2.24) is 0 Å². The van der Waals surface area contributed by atoms with E-state index in [1.807, 2.05) is 11.3 Å². The summed E-state index contributed by atoms with van der Waals surface area (Å²) in [5, 5.41) is 12.9. The zero-order valence-corrected chi connectivity index (χ0v) is 30.2. The molecule has 11 rings (SSSR count). The highest BCUT2D eigenvalue weighted by molar-refractivity contribution is 7.26. The van der Waals surface area contributed by atoms with Gasteiger partial charge in [0.2, 0.25) is 0 Å². The maximum absolute atomic E-state index is 2.41. The molecule has 0 saturated heterocycles. The van der Waals surface area contributed by atoms with E-state index in [4.69, 9.17) is 0 Å². The predicted molar refractivity (Wildman–Crippen MR) is 235 cm³/mol. The van der Waals surface area contributed by atoms with Gasteiger partial charge in [-0.05, 0) is 108 Å². The molecule has 10 aromatic carbocycles. The SMILES string of the molecule is c1ccc(-c2cccc(N(c3ccc(-c4cc5ccc6ccccc6c5c5ccccc45)cc3)c3ccc4c(c3)sc3c5ccccc5ccc43)c2)cc1. The lowest BCUT2D eigenvalue weighted by Crippen LogP contribution is -2.10. The Hall–Kier alpha value is -6.74. The number of nitrogens with zero attached hydrogens (tertiary/aromatic N) is 1. The van der Waals surface area contributed by atoms with Crippen LogP contribution < -0.4 is 4.90 Å². The molecule has 1 nitrogen and oxygen atoms in total. The van der Waals surface area contributed by atoms with E-state index in [0.717, 1.165) is 17.1 Å². The summed E-state index contributed by atoms with van der Waals surface area (Å²) in [4.78, 5) is 2.41. The molecule has 0 fully saturated rings. The summed E-state index contributed by atoms with van der Waals surface area (Å²) in [5.41, 5.74) is 8.23. The molecule has 0 spiro atoms. The molecule has 0 bridgehead atoms. The first-order chi connectivity index (χ1) is 26.8. The second-order valence-electron chi connectivity index (χ2n) is 14.1. The van der Waals surface area contributed by atoms with Crippen molar-refractivity contribution in [2.45, 2.75) is 0 Å². The van der Waals surface area contributed by atoms with Crippen molar-refractivity contribution in [3.05, 3.63) is 200 Å². The van der Waals surface area contributed by atoms with Crippen molar-refractivity contribution in [2.24, 2.45) is 0 Å². The van der Waals surface area contributed by atoms with E-state index in [-0.39, 0.29) is 0 Å². The van der Waals surface area contributed by atoms with Crippen LogP contribution in [-0.2, 0) is 0 Å². The van der Waals surface area contributed by atoms with Crippen LogP contribution in [0.3, 0.4) is 0 Å². The third kappa shape index (κ3) is 4.99. The average Bonchev–Trinajstić information content (AvgIpc) is 3.63. The average molecular weight is 704 g/mol. The standard InChI is InChI=1S/C52H33NS/c1-2-11-34(12-3-1)38-15-10-16-41(31-38)53(42-28-30-46-48-29-25-36-14-5-7-18-44(36)52(48)54-50(46)33-42)40-26-23-37(24-27-40)49-32-39-22-21-35-13-4-6-17-43(35)51(39)47-20-9-8-19-45(47)49/h1-33H. The zero-order chi connectivity index (χ0) is 35.6. The monoisotopic (exact) mass is 703 g/mol. The zero-order valence-electron chi connectivity index (χ0n) is 29.4.